The molecule has 0 aromatic carbocycles. The molecule has 1 saturated heterocycles. The third-order valence-electron chi connectivity index (χ3n) is 3.02. The first kappa shape index (κ1) is 13.5. The van der Waals surface area contributed by atoms with E-state index in [4.69, 9.17) is 5.14 Å². The van der Waals surface area contributed by atoms with E-state index in [1.165, 1.54) is 6.42 Å². The molecule has 2 rings (SSSR count). The summed E-state index contributed by atoms with van der Waals surface area (Å²) in [5.74, 6) is 0. The molecule has 0 aliphatic carbocycles. The maximum absolute atomic E-state index is 11.4. The molecule has 0 amide bonds. The van der Waals surface area contributed by atoms with Crippen molar-refractivity contribution in [3.05, 3.63) is 11.8 Å². The number of likely N-dealkylation sites (tertiary alicyclic amines) is 1. The van der Waals surface area contributed by atoms with Gasteiger partial charge in [0.25, 0.3) is 10.0 Å². The van der Waals surface area contributed by atoms with Gasteiger partial charge in [-0.1, -0.05) is 0 Å². The van der Waals surface area contributed by atoms with E-state index >= 15 is 0 Å². The van der Waals surface area contributed by atoms with Gasteiger partial charge in [-0.15, -0.1) is 0 Å². The molecule has 0 saturated carbocycles. The lowest BCUT2D eigenvalue weighted by atomic mass is 10.1. The van der Waals surface area contributed by atoms with E-state index in [9.17, 15) is 8.42 Å². The van der Waals surface area contributed by atoms with Crippen LogP contribution < -0.4 is 5.14 Å². The monoisotopic (exact) mass is 272 g/mol. The van der Waals surface area contributed by atoms with E-state index in [0.717, 1.165) is 25.3 Å². The van der Waals surface area contributed by atoms with Gasteiger partial charge in [0, 0.05) is 12.6 Å². The Morgan fingerprint density at radius 2 is 2.00 bits per heavy atom. The summed E-state index contributed by atoms with van der Waals surface area (Å²) in [5.41, 5.74) is 0.634. The first-order valence-electron chi connectivity index (χ1n) is 6.02. The average Bonchev–Trinajstić information content (AvgIpc) is 2.53. The zero-order chi connectivity index (χ0) is 13.6. The standard InChI is InChI=1S/C11H20N4O2S/c1-11(2,3)15-9(8-14-5-4-6-14)7-10(13-15)18(12,16)17/h7H,4-6,8H2,1-3H3,(H2,12,16,17). The van der Waals surface area contributed by atoms with E-state index in [0.29, 0.717) is 0 Å². The summed E-state index contributed by atoms with van der Waals surface area (Å²) in [4.78, 5) is 2.26. The molecule has 18 heavy (non-hydrogen) atoms. The maximum atomic E-state index is 11.4. The van der Waals surface area contributed by atoms with Gasteiger partial charge in [0.2, 0.25) is 0 Å². The van der Waals surface area contributed by atoms with Crippen LogP contribution in [0.4, 0.5) is 0 Å². The smallest absolute Gasteiger partial charge is 0.257 e. The van der Waals surface area contributed by atoms with E-state index in [2.05, 4.69) is 10.00 Å². The van der Waals surface area contributed by atoms with Crippen LogP contribution in [0, 0.1) is 0 Å². The summed E-state index contributed by atoms with van der Waals surface area (Å²) in [6, 6.07) is 1.58. The van der Waals surface area contributed by atoms with Gasteiger partial charge in [-0.05, 0) is 40.3 Å². The summed E-state index contributed by atoms with van der Waals surface area (Å²) in [5, 5.41) is 9.24. The predicted octanol–water partition coefficient (Wildman–Crippen LogP) is 0.491. The zero-order valence-corrected chi connectivity index (χ0v) is 11.9. The third-order valence-corrected chi connectivity index (χ3v) is 3.80. The summed E-state index contributed by atoms with van der Waals surface area (Å²) in [6.07, 6.45) is 1.20. The minimum Gasteiger partial charge on any atom is -0.297 e. The molecule has 0 unspecified atom stereocenters. The Hall–Kier alpha value is -0.920. The van der Waals surface area contributed by atoms with Crippen molar-refractivity contribution in [1.29, 1.82) is 0 Å². The Balaban J connectivity index is 2.38. The number of nitrogens with two attached hydrogens (primary N) is 1. The van der Waals surface area contributed by atoms with Gasteiger partial charge in [-0.3, -0.25) is 9.58 Å². The Morgan fingerprint density at radius 3 is 2.39 bits per heavy atom. The topological polar surface area (TPSA) is 81.2 Å². The highest BCUT2D eigenvalue weighted by Crippen LogP contribution is 2.22. The van der Waals surface area contributed by atoms with Crippen LogP contribution in [0.5, 0.6) is 0 Å². The first-order chi connectivity index (χ1) is 8.18. The largest absolute Gasteiger partial charge is 0.297 e. The fourth-order valence-electron chi connectivity index (χ4n) is 2.00. The van der Waals surface area contributed by atoms with Crippen LogP contribution in [0.25, 0.3) is 0 Å². The Labute approximate surface area is 108 Å². The third kappa shape index (κ3) is 2.73. The SMILES string of the molecule is CC(C)(C)n1nc(S(N)(=O)=O)cc1CN1CCC1. The highest BCUT2D eigenvalue weighted by Gasteiger charge is 2.25. The quantitative estimate of drug-likeness (QED) is 0.868. The van der Waals surface area contributed by atoms with E-state index in [1.807, 2.05) is 20.8 Å². The second-order valence-electron chi connectivity index (χ2n) is 5.73. The normalized spacial score (nSPS) is 17.8. The van der Waals surface area contributed by atoms with Crippen molar-refractivity contribution in [3.63, 3.8) is 0 Å². The van der Waals surface area contributed by atoms with Crippen molar-refractivity contribution in [2.24, 2.45) is 5.14 Å². The number of primary sulfonamides is 1. The Bertz CT molecular complexity index is 538. The lowest BCUT2D eigenvalue weighted by Gasteiger charge is -2.32. The van der Waals surface area contributed by atoms with Gasteiger partial charge in [-0.2, -0.15) is 5.10 Å². The molecule has 1 aromatic rings. The molecule has 0 bridgehead atoms. The molecule has 0 atom stereocenters. The van der Waals surface area contributed by atoms with E-state index in [1.54, 1.807) is 10.7 Å². The van der Waals surface area contributed by atoms with Crippen molar-refractivity contribution in [2.75, 3.05) is 13.1 Å². The minimum atomic E-state index is -3.74. The molecule has 102 valence electrons. The number of sulfonamides is 1. The molecule has 1 aliphatic rings. The van der Waals surface area contributed by atoms with Gasteiger partial charge in [0.1, 0.15) is 0 Å². The summed E-state index contributed by atoms with van der Waals surface area (Å²) >= 11 is 0. The van der Waals surface area contributed by atoms with Crippen LogP contribution in [-0.4, -0.2) is 36.2 Å². The van der Waals surface area contributed by atoms with Gasteiger partial charge in [-0.25, -0.2) is 13.6 Å². The van der Waals surface area contributed by atoms with Crippen molar-refractivity contribution >= 4 is 10.0 Å². The number of aromatic nitrogens is 2. The number of nitrogens with zero attached hydrogens (tertiary/aromatic N) is 3. The summed E-state index contributed by atoms with van der Waals surface area (Å²) in [7, 11) is -3.74. The predicted molar refractivity (Wildman–Crippen MR) is 68.5 cm³/mol. The molecule has 7 heteroatoms. The molecular formula is C11H20N4O2S. The van der Waals surface area contributed by atoms with Crippen molar-refractivity contribution in [2.45, 2.75) is 44.3 Å². The van der Waals surface area contributed by atoms with Crippen molar-refractivity contribution in [1.82, 2.24) is 14.7 Å². The van der Waals surface area contributed by atoms with E-state index < -0.39 is 10.0 Å². The zero-order valence-electron chi connectivity index (χ0n) is 11.0. The van der Waals surface area contributed by atoms with Gasteiger partial charge in [0.15, 0.2) is 5.03 Å². The van der Waals surface area contributed by atoms with Gasteiger partial charge < -0.3 is 0 Å². The molecule has 0 radical (unpaired) electrons. The summed E-state index contributed by atoms with van der Waals surface area (Å²) < 4.78 is 24.5. The van der Waals surface area contributed by atoms with Gasteiger partial charge >= 0.3 is 0 Å². The first-order valence-corrected chi connectivity index (χ1v) is 7.57. The number of hydrogen-bond donors (Lipinski definition) is 1. The van der Waals surface area contributed by atoms with Crippen molar-refractivity contribution < 1.29 is 8.42 Å². The molecule has 1 aliphatic heterocycles. The van der Waals surface area contributed by atoms with Crippen LogP contribution in [0.15, 0.2) is 11.1 Å². The second-order valence-corrected chi connectivity index (χ2v) is 7.24. The second kappa shape index (κ2) is 4.32. The fourth-order valence-corrected chi connectivity index (χ4v) is 2.49. The number of hydrogen-bond acceptors (Lipinski definition) is 4. The number of rotatable bonds is 3. The lowest BCUT2D eigenvalue weighted by molar-refractivity contribution is 0.162. The molecule has 2 N–H and O–H groups in total. The Kier molecular flexibility index (Phi) is 3.25. The highest BCUT2D eigenvalue weighted by atomic mass is 32.2. The lowest BCUT2D eigenvalue weighted by Crippen LogP contribution is -2.38. The van der Waals surface area contributed by atoms with Gasteiger partial charge in [0.05, 0.1) is 11.2 Å². The highest BCUT2D eigenvalue weighted by molar-refractivity contribution is 7.89. The average molecular weight is 272 g/mol. The molecule has 1 fully saturated rings. The molecule has 6 nitrogen and oxygen atoms in total. The van der Waals surface area contributed by atoms with E-state index in [-0.39, 0.29) is 10.6 Å². The Morgan fingerprint density at radius 1 is 1.39 bits per heavy atom. The van der Waals surface area contributed by atoms with Crippen LogP contribution >= 0.6 is 0 Å². The molecular weight excluding hydrogens is 252 g/mol. The molecule has 1 aromatic heterocycles. The summed E-state index contributed by atoms with van der Waals surface area (Å²) in [6.45, 7) is 8.81. The van der Waals surface area contributed by atoms with Crippen LogP contribution in [0.1, 0.15) is 32.9 Å². The molecule has 0 spiro atoms. The van der Waals surface area contributed by atoms with Crippen LogP contribution in [0.3, 0.4) is 0 Å². The van der Waals surface area contributed by atoms with Crippen LogP contribution in [0.2, 0.25) is 0 Å². The maximum Gasteiger partial charge on any atom is 0.257 e. The fraction of sp³-hybridized carbons (Fsp3) is 0.727. The minimum absolute atomic E-state index is 0.0482. The molecule has 2 heterocycles. The van der Waals surface area contributed by atoms with Crippen molar-refractivity contribution in [3.8, 4) is 0 Å². The van der Waals surface area contributed by atoms with Crippen LogP contribution in [-0.2, 0) is 22.1 Å².